The number of nitrogens with zero attached hydrogens (tertiary/aromatic N) is 2. The van der Waals surface area contributed by atoms with Gasteiger partial charge >= 0.3 is 0 Å². The van der Waals surface area contributed by atoms with Crippen molar-refractivity contribution in [2.24, 2.45) is 0 Å². The first kappa shape index (κ1) is 11.3. The molecule has 0 saturated carbocycles. The van der Waals surface area contributed by atoms with Gasteiger partial charge in [-0.15, -0.1) is 0 Å². The number of hydrogen-bond donors (Lipinski definition) is 0. The summed E-state index contributed by atoms with van der Waals surface area (Å²) in [6.45, 7) is 3.12. The van der Waals surface area contributed by atoms with Gasteiger partial charge in [0, 0.05) is 24.4 Å². The SMILES string of the molecule is COc1cccc(C2CCc3cnc(C)n3C2)c1. The Morgan fingerprint density at radius 2 is 2.28 bits per heavy atom. The van der Waals surface area contributed by atoms with Crippen LogP contribution in [-0.4, -0.2) is 16.7 Å². The first-order chi connectivity index (χ1) is 8.78. The van der Waals surface area contributed by atoms with Gasteiger partial charge in [0.05, 0.1) is 7.11 Å². The van der Waals surface area contributed by atoms with E-state index in [0.717, 1.165) is 24.5 Å². The lowest BCUT2D eigenvalue weighted by Crippen LogP contribution is -2.19. The number of benzene rings is 1. The molecule has 1 aliphatic rings. The van der Waals surface area contributed by atoms with Gasteiger partial charge in [-0.3, -0.25) is 0 Å². The number of rotatable bonds is 2. The Hall–Kier alpha value is -1.77. The van der Waals surface area contributed by atoms with Crippen LogP contribution in [0.5, 0.6) is 5.75 Å². The van der Waals surface area contributed by atoms with Crippen LogP contribution in [-0.2, 0) is 13.0 Å². The van der Waals surface area contributed by atoms with Crippen molar-refractivity contribution in [3.8, 4) is 5.75 Å². The summed E-state index contributed by atoms with van der Waals surface area (Å²) in [6, 6.07) is 8.43. The van der Waals surface area contributed by atoms with E-state index in [1.807, 2.05) is 12.3 Å². The van der Waals surface area contributed by atoms with E-state index in [2.05, 4.69) is 34.7 Å². The molecule has 94 valence electrons. The predicted octanol–water partition coefficient (Wildman–Crippen LogP) is 2.93. The second-order valence-electron chi connectivity index (χ2n) is 4.92. The summed E-state index contributed by atoms with van der Waals surface area (Å²) < 4.78 is 7.65. The molecule has 18 heavy (non-hydrogen) atoms. The highest BCUT2D eigenvalue weighted by atomic mass is 16.5. The summed E-state index contributed by atoms with van der Waals surface area (Å²) in [5.74, 6) is 2.64. The summed E-state index contributed by atoms with van der Waals surface area (Å²) in [7, 11) is 1.72. The zero-order valence-corrected chi connectivity index (χ0v) is 10.9. The predicted molar refractivity (Wildman–Crippen MR) is 71.0 cm³/mol. The molecule has 0 amide bonds. The summed E-state index contributed by atoms with van der Waals surface area (Å²) in [6.07, 6.45) is 4.32. The molecular weight excluding hydrogens is 224 g/mol. The van der Waals surface area contributed by atoms with Crippen LogP contribution in [0.4, 0.5) is 0 Å². The standard InChI is InChI=1S/C15H18N2O/c1-11-16-9-14-7-6-13(10-17(11)14)12-4-3-5-15(8-12)18-2/h3-5,8-9,13H,6-7,10H2,1-2H3. The van der Waals surface area contributed by atoms with E-state index in [1.165, 1.54) is 17.7 Å². The minimum absolute atomic E-state index is 0.570. The molecule has 1 aromatic heterocycles. The second-order valence-corrected chi connectivity index (χ2v) is 4.92. The summed E-state index contributed by atoms with van der Waals surface area (Å²) >= 11 is 0. The third-order valence-corrected chi connectivity index (χ3v) is 3.85. The van der Waals surface area contributed by atoms with Gasteiger partial charge in [-0.2, -0.15) is 0 Å². The normalized spacial score (nSPS) is 18.4. The van der Waals surface area contributed by atoms with Crippen molar-refractivity contribution in [2.75, 3.05) is 7.11 Å². The zero-order valence-electron chi connectivity index (χ0n) is 10.9. The average molecular weight is 242 g/mol. The van der Waals surface area contributed by atoms with Crippen molar-refractivity contribution >= 4 is 0 Å². The van der Waals surface area contributed by atoms with E-state index in [1.54, 1.807) is 7.11 Å². The number of aromatic nitrogens is 2. The molecule has 1 aromatic carbocycles. The lowest BCUT2D eigenvalue weighted by Gasteiger charge is -2.25. The molecule has 0 fully saturated rings. The van der Waals surface area contributed by atoms with E-state index in [-0.39, 0.29) is 0 Å². The number of methoxy groups -OCH3 is 1. The third kappa shape index (κ3) is 1.90. The Labute approximate surface area is 107 Å². The van der Waals surface area contributed by atoms with Gasteiger partial charge in [0.2, 0.25) is 0 Å². The van der Waals surface area contributed by atoms with Crippen molar-refractivity contribution in [2.45, 2.75) is 32.2 Å². The smallest absolute Gasteiger partial charge is 0.119 e. The molecule has 2 aromatic rings. The van der Waals surface area contributed by atoms with Crippen molar-refractivity contribution < 1.29 is 4.74 Å². The fourth-order valence-electron chi connectivity index (χ4n) is 2.77. The largest absolute Gasteiger partial charge is 0.497 e. The highest BCUT2D eigenvalue weighted by Crippen LogP contribution is 2.31. The van der Waals surface area contributed by atoms with Crippen molar-refractivity contribution in [1.82, 2.24) is 9.55 Å². The van der Waals surface area contributed by atoms with Gasteiger partial charge in [-0.05, 0) is 37.5 Å². The maximum Gasteiger partial charge on any atom is 0.119 e. The number of imidazole rings is 1. The summed E-state index contributed by atoms with van der Waals surface area (Å²) in [5.41, 5.74) is 2.74. The molecule has 3 rings (SSSR count). The van der Waals surface area contributed by atoms with E-state index in [0.29, 0.717) is 5.92 Å². The molecule has 1 unspecified atom stereocenters. The van der Waals surface area contributed by atoms with Crippen molar-refractivity contribution in [3.63, 3.8) is 0 Å². The second kappa shape index (κ2) is 4.48. The van der Waals surface area contributed by atoms with Gasteiger partial charge < -0.3 is 9.30 Å². The Bertz CT molecular complexity index is 559. The molecule has 0 spiro atoms. The van der Waals surface area contributed by atoms with Gasteiger partial charge in [0.1, 0.15) is 11.6 Å². The fraction of sp³-hybridized carbons (Fsp3) is 0.400. The van der Waals surface area contributed by atoms with Crippen LogP contribution in [0.15, 0.2) is 30.5 Å². The molecule has 1 atom stereocenters. The molecule has 3 heteroatoms. The van der Waals surface area contributed by atoms with Crippen LogP contribution in [0.25, 0.3) is 0 Å². The van der Waals surface area contributed by atoms with Crippen LogP contribution in [0.1, 0.15) is 29.4 Å². The van der Waals surface area contributed by atoms with Crippen molar-refractivity contribution in [3.05, 3.63) is 47.5 Å². The first-order valence-corrected chi connectivity index (χ1v) is 6.43. The molecule has 0 saturated heterocycles. The minimum Gasteiger partial charge on any atom is -0.497 e. The van der Waals surface area contributed by atoms with Crippen molar-refractivity contribution in [1.29, 1.82) is 0 Å². The van der Waals surface area contributed by atoms with Crippen LogP contribution in [0, 0.1) is 6.92 Å². The molecule has 1 aliphatic heterocycles. The maximum atomic E-state index is 5.30. The highest BCUT2D eigenvalue weighted by molar-refractivity contribution is 5.31. The average Bonchev–Trinajstić information content (AvgIpc) is 2.80. The van der Waals surface area contributed by atoms with Crippen LogP contribution in [0.3, 0.4) is 0 Å². The maximum absolute atomic E-state index is 5.30. The molecule has 0 N–H and O–H groups in total. The van der Waals surface area contributed by atoms with E-state index in [9.17, 15) is 0 Å². The number of ether oxygens (including phenoxy) is 1. The summed E-state index contributed by atoms with van der Waals surface area (Å²) in [4.78, 5) is 4.40. The van der Waals surface area contributed by atoms with E-state index < -0.39 is 0 Å². The number of hydrogen-bond acceptors (Lipinski definition) is 2. The van der Waals surface area contributed by atoms with Crippen LogP contribution >= 0.6 is 0 Å². The zero-order chi connectivity index (χ0) is 12.5. The van der Waals surface area contributed by atoms with Gasteiger partial charge in [-0.1, -0.05) is 12.1 Å². The first-order valence-electron chi connectivity index (χ1n) is 6.43. The summed E-state index contributed by atoms with van der Waals surface area (Å²) in [5, 5.41) is 0. The molecule has 0 aliphatic carbocycles. The van der Waals surface area contributed by atoms with Crippen LogP contribution in [0.2, 0.25) is 0 Å². The van der Waals surface area contributed by atoms with Crippen LogP contribution < -0.4 is 4.74 Å². The van der Waals surface area contributed by atoms with Gasteiger partial charge in [-0.25, -0.2) is 4.98 Å². The highest BCUT2D eigenvalue weighted by Gasteiger charge is 2.21. The quantitative estimate of drug-likeness (QED) is 0.809. The topological polar surface area (TPSA) is 27.1 Å². The molecule has 2 heterocycles. The van der Waals surface area contributed by atoms with Gasteiger partial charge in [0.15, 0.2) is 0 Å². The molecule has 3 nitrogen and oxygen atoms in total. The molecule has 0 bridgehead atoms. The third-order valence-electron chi connectivity index (χ3n) is 3.85. The fourth-order valence-corrected chi connectivity index (χ4v) is 2.77. The molecule has 0 radical (unpaired) electrons. The Morgan fingerprint density at radius 1 is 1.39 bits per heavy atom. The van der Waals surface area contributed by atoms with E-state index >= 15 is 0 Å². The Morgan fingerprint density at radius 3 is 3.11 bits per heavy atom. The minimum atomic E-state index is 0.570. The van der Waals surface area contributed by atoms with Gasteiger partial charge in [0.25, 0.3) is 0 Å². The number of fused-ring (bicyclic) bond motifs is 1. The Balaban J connectivity index is 1.88. The molecular formula is C15H18N2O. The monoisotopic (exact) mass is 242 g/mol. The lowest BCUT2D eigenvalue weighted by atomic mass is 9.90. The Kier molecular flexibility index (Phi) is 2.82. The number of aryl methyl sites for hydroxylation is 2. The van der Waals surface area contributed by atoms with E-state index in [4.69, 9.17) is 4.74 Å². The lowest BCUT2D eigenvalue weighted by molar-refractivity contribution is 0.411.